The third-order valence-electron chi connectivity index (χ3n) is 4.00. The first kappa shape index (κ1) is 13.6. The third-order valence-corrected chi connectivity index (χ3v) is 4.00. The average molecular weight is 308 g/mol. The Morgan fingerprint density at radius 3 is 2.82 bits per heavy atom. The quantitative estimate of drug-likeness (QED) is 0.891. The Labute approximate surface area is 126 Å². The minimum absolute atomic E-state index is 0.196. The molecule has 8 nitrogen and oxygen atoms in total. The van der Waals surface area contributed by atoms with Crippen molar-refractivity contribution < 1.29 is 28.5 Å². The molecule has 1 aromatic rings. The van der Waals surface area contributed by atoms with Crippen molar-refractivity contribution in [3.8, 4) is 11.5 Å². The van der Waals surface area contributed by atoms with Crippen molar-refractivity contribution in [2.75, 3.05) is 45.4 Å². The molecule has 1 N–H and O–H groups in total. The fraction of sp³-hybridized carbons (Fsp3) is 0.500. The first-order chi connectivity index (χ1) is 10.8. The molecule has 8 heteroatoms. The highest BCUT2D eigenvalue weighted by atomic mass is 16.7. The predicted octanol–water partition coefficient (Wildman–Crippen LogP) is 0.980. The molecule has 0 unspecified atom stereocenters. The molecule has 22 heavy (non-hydrogen) atoms. The smallest absolute Gasteiger partial charge is 0.411 e. The lowest BCUT2D eigenvalue weighted by molar-refractivity contribution is 0.0690. The van der Waals surface area contributed by atoms with Gasteiger partial charge in [0.2, 0.25) is 6.79 Å². The largest absolute Gasteiger partial charge is 0.454 e. The van der Waals surface area contributed by atoms with Crippen LogP contribution < -0.4 is 14.8 Å². The molecule has 0 aliphatic carbocycles. The van der Waals surface area contributed by atoms with Crippen LogP contribution in [-0.4, -0.2) is 56.6 Å². The summed E-state index contributed by atoms with van der Waals surface area (Å²) in [7, 11) is 0. The maximum absolute atomic E-state index is 11.9. The highest BCUT2D eigenvalue weighted by Crippen LogP contribution is 2.34. The fourth-order valence-corrected chi connectivity index (χ4v) is 2.73. The normalized spacial score (nSPS) is 21.6. The number of benzene rings is 1. The molecular formula is C14H16N2O6. The number of hydrogen-bond acceptors (Lipinski definition) is 7. The van der Waals surface area contributed by atoms with E-state index in [2.05, 4.69) is 5.32 Å². The third kappa shape index (κ3) is 2.35. The van der Waals surface area contributed by atoms with Crippen LogP contribution in [0.15, 0.2) is 18.2 Å². The highest BCUT2D eigenvalue weighted by molar-refractivity contribution is 5.85. The van der Waals surface area contributed by atoms with Crippen LogP contribution in [0.25, 0.3) is 0 Å². The van der Waals surface area contributed by atoms with Gasteiger partial charge in [0.15, 0.2) is 11.5 Å². The van der Waals surface area contributed by atoms with Crippen LogP contribution in [-0.2, 0) is 14.2 Å². The van der Waals surface area contributed by atoms with E-state index < -0.39 is 6.09 Å². The van der Waals surface area contributed by atoms with Gasteiger partial charge in [0.25, 0.3) is 0 Å². The second-order valence-corrected chi connectivity index (χ2v) is 5.49. The van der Waals surface area contributed by atoms with E-state index in [1.54, 1.807) is 18.2 Å². The molecule has 0 spiro atoms. The molecule has 2 saturated heterocycles. The lowest BCUT2D eigenvalue weighted by Gasteiger charge is -2.26. The van der Waals surface area contributed by atoms with E-state index in [4.69, 9.17) is 23.7 Å². The SMILES string of the molecule is O=C(Nc1ccc2c(c1)OCO2)OCC12COCN1COC2. The number of carbonyl (C=O) groups excluding carboxylic acids is 1. The van der Waals surface area contributed by atoms with Crippen molar-refractivity contribution in [2.24, 2.45) is 0 Å². The second kappa shape index (κ2) is 5.31. The molecule has 3 aliphatic rings. The van der Waals surface area contributed by atoms with E-state index >= 15 is 0 Å². The van der Waals surface area contributed by atoms with Gasteiger partial charge in [0.1, 0.15) is 25.6 Å². The average Bonchev–Trinajstić information content (AvgIpc) is 3.19. The molecule has 118 valence electrons. The Kier molecular flexibility index (Phi) is 3.29. The molecule has 4 rings (SSSR count). The highest BCUT2D eigenvalue weighted by Gasteiger charge is 2.47. The summed E-state index contributed by atoms with van der Waals surface area (Å²) in [6.45, 7) is 2.44. The Morgan fingerprint density at radius 2 is 2.00 bits per heavy atom. The Hall–Kier alpha value is -2.03. The van der Waals surface area contributed by atoms with Crippen molar-refractivity contribution in [1.29, 1.82) is 0 Å². The molecular weight excluding hydrogens is 292 g/mol. The number of carbonyl (C=O) groups is 1. The number of nitrogens with zero attached hydrogens (tertiary/aromatic N) is 1. The number of hydrogen-bond donors (Lipinski definition) is 1. The summed E-state index contributed by atoms with van der Waals surface area (Å²) in [6, 6.07) is 5.18. The molecule has 3 aliphatic heterocycles. The van der Waals surface area contributed by atoms with Crippen LogP contribution >= 0.6 is 0 Å². The Balaban J connectivity index is 1.35. The van der Waals surface area contributed by atoms with Crippen molar-refractivity contribution >= 4 is 11.8 Å². The predicted molar refractivity (Wildman–Crippen MR) is 73.7 cm³/mol. The maximum Gasteiger partial charge on any atom is 0.411 e. The summed E-state index contributed by atoms with van der Waals surface area (Å²) in [5.74, 6) is 1.27. The zero-order chi connectivity index (χ0) is 15.0. The van der Waals surface area contributed by atoms with E-state index in [1.807, 2.05) is 4.90 Å². The number of amides is 1. The Morgan fingerprint density at radius 1 is 1.23 bits per heavy atom. The van der Waals surface area contributed by atoms with E-state index in [0.717, 1.165) is 0 Å². The first-order valence-corrected chi connectivity index (χ1v) is 6.99. The minimum atomic E-state index is -0.521. The van der Waals surface area contributed by atoms with Gasteiger partial charge in [-0.3, -0.25) is 5.32 Å². The van der Waals surface area contributed by atoms with Crippen LogP contribution in [0.2, 0.25) is 0 Å². The molecule has 0 bridgehead atoms. The van der Waals surface area contributed by atoms with Crippen LogP contribution in [0.3, 0.4) is 0 Å². The lowest BCUT2D eigenvalue weighted by Crippen LogP contribution is -2.48. The van der Waals surface area contributed by atoms with Crippen LogP contribution in [0.1, 0.15) is 0 Å². The summed E-state index contributed by atoms with van der Waals surface area (Å²) in [4.78, 5) is 14.0. The molecule has 0 aromatic heterocycles. The van der Waals surface area contributed by atoms with Gasteiger partial charge in [0, 0.05) is 11.8 Å². The summed E-state index contributed by atoms with van der Waals surface area (Å²) in [5.41, 5.74) is 0.237. The maximum atomic E-state index is 11.9. The van der Waals surface area contributed by atoms with Gasteiger partial charge >= 0.3 is 6.09 Å². The molecule has 1 aromatic carbocycles. The van der Waals surface area contributed by atoms with Crippen LogP contribution in [0, 0.1) is 0 Å². The number of anilines is 1. The molecule has 1 amide bonds. The minimum Gasteiger partial charge on any atom is -0.454 e. The van der Waals surface area contributed by atoms with Gasteiger partial charge < -0.3 is 23.7 Å². The zero-order valence-electron chi connectivity index (χ0n) is 11.9. The Bertz CT molecular complexity index is 583. The second-order valence-electron chi connectivity index (χ2n) is 5.49. The van der Waals surface area contributed by atoms with Crippen LogP contribution in [0.5, 0.6) is 11.5 Å². The lowest BCUT2D eigenvalue weighted by atomic mass is 10.0. The number of nitrogens with one attached hydrogen (secondary N) is 1. The zero-order valence-corrected chi connectivity index (χ0v) is 11.9. The number of fused-ring (bicyclic) bond motifs is 2. The van der Waals surface area contributed by atoms with Crippen LogP contribution in [0.4, 0.5) is 10.5 Å². The number of ether oxygens (including phenoxy) is 5. The van der Waals surface area contributed by atoms with Crippen molar-refractivity contribution in [2.45, 2.75) is 5.54 Å². The molecule has 0 radical (unpaired) electrons. The van der Waals surface area contributed by atoms with E-state index in [0.29, 0.717) is 43.9 Å². The van der Waals surface area contributed by atoms with E-state index in [-0.39, 0.29) is 18.9 Å². The van der Waals surface area contributed by atoms with Gasteiger partial charge in [-0.15, -0.1) is 0 Å². The monoisotopic (exact) mass is 308 g/mol. The van der Waals surface area contributed by atoms with Gasteiger partial charge in [-0.2, -0.15) is 0 Å². The van der Waals surface area contributed by atoms with Gasteiger partial charge in [-0.1, -0.05) is 0 Å². The summed E-state index contributed by atoms with van der Waals surface area (Å²) < 4.78 is 26.7. The number of rotatable bonds is 3. The molecule has 0 saturated carbocycles. The van der Waals surface area contributed by atoms with Gasteiger partial charge in [0.05, 0.1) is 13.2 Å². The molecule has 0 atom stereocenters. The van der Waals surface area contributed by atoms with Gasteiger partial charge in [-0.05, 0) is 12.1 Å². The van der Waals surface area contributed by atoms with Crippen molar-refractivity contribution in [3.63, 3.8) is 0 Å². The van der Waals surface area contributed by atoms with E-state index in [9.17, 15) is 4.79 Å². The standard InChI is InChI=1S/C14H16N2O6/c17-13(15-10-1-2-11-12(3-10)22-9-21-11)20-6-14-4-18-7-16(14)8-19-5-14/h1-3H,4-9H2,(H,15,17). The van der Waals surface area contributed by atoms with Gasteiger partial charge in [-0.25, -0.2) is 9.69 Å². The topological polar surface area (TPSA) is 78.5 Å². The summed E-state index contributed by atoms with van der Waals surface area (Å²) >= 11 is 0. The molecule has 3 heterocycles. The van der Waals surface area contributed by atoms with E-state index in [1.165, 1.54) is 0 Å². The fourth-order valence-electron chi connectivity index (χ4n) is 2.73. The summed E-state index contributed by atoms with van der Waals surface area (Å²) in [5, 5.41) is 2.68. The molecule has 2 fully saturated rings. The van der Waals surface area contributed by atoms with Crippen molar-refractivity contribution in [1.82, 2.24) is 4.90 Å². The first-order valence-electron chi connectivity index (χ1n) is 6.99. The summed E-state index contributed by atoms with van der Waals surface area (Å²) in [6.07, 6.45) is -0.521. The van der Waals surface area contributed by atoms with Crippen molar-refractivity contribution in [3.05, 3.63) is 18.2 Å².